The fourth-order valence-electron chi connectivity index (χ4n) is 1.87. The Labute approximate surface area is 102 Å². The molecule has 0 aromatic carbocycles. The van der Waals surface area contributed by atoms with Crippen molar-refractivity contribution in [3.8, 4) is 0 Å². The zero-order chi connectivity index (χ0) is 11.3. The van der Waals surface area contributed by atoms with Crippen LogP contribution in [0.4, 0.5) is 0 Å². The molecular weight excluding hydrogens is 230 g/mol. The van der Waals surface area contributed by atoms with Gasteiger partial charge in [0.05, 0.1) is 5.92 Å². The minimum Gasteiger partial charge on any atom is -0.355 e. The molecule has 0 radical (unpaired) electrons. The van der Waals surface area contributed by atoms with Crippen LogP contribution in [-0.2, 0) is 9.59 Å². The van der Waals surface area contributed by atoms with Crippen molar-refractivity contribution < 1.29 is 9.59 Å². The lowest BCUT2D eigenvalue weighted by atomic mass is 10.0. The van der Waals surface area contributed by atoms with E-state index in [0.29, 0.717) is 13.1 Å². The minimum atomic E-state index is -0.0817. The van der Waals surface area contributed by atoms with Crippen LogP contribution in [0, 0.1) is 5.92 Å². The topological polar surface area (TPSA) is 84.2 Å². The van der Waals surface area contributed by atoms with Crippen molar-refractivity contribution in [3.05, 3.63) is 0 Å². The first-order chi connectivity index (χ1) is 7.11. The number of hydrogen-bond donors (Lipinski definition) is 3. The van der Waals surface area contributed by atoms with Crippen LogP contribution < -0.4 is 16.4 Å². The molecule has 0 aromatic heterocycles. The fourth-order valence-corrected chi connectivity index (χ4v) is 1.87. The normalized spacial score (nSPS) is 23.4. The zero-order valence-corrected chi connectivity index (χ0v) is 10.3. The third kappa shape index (κ3) is 4.81. The largest absolute Gasteiger partial charge is 0.355 e. The number of hydrogen-bond acceptors (Lipinski definition) is 3. The summed E-state index contributed by atoms with van der Waals surface area (Å²) in [6.07, 6.45) is 2.85. The Bertz CT molecular complexity index is 248. The van der Waals surface area contributed by atoms with Crippen molar-refractivity contribution >= 4 is 24.2 Å². The van der Waals surface area contributed by atoms with Gasteiger partial charge in [-0.25, -0.2) is 0 Å². The second-order valence-electron chi connectivity index (χ2n) is 3.98. The summed E-state index contributed by atoms with van der Waals surface area (Å²) in [5, 5.41) is 5.39. The average molecular weight is 250 g/mol. The van der Waals surface area contributed by atoms with Gasteiger partial charge >= 0.3 is 0 Å². The monoisotopic (exact) mass is 249 g/mol. The van der Waals surface area contributed by atoms with E-state index in [1.165, 1.54) is 6.92 Å². The van der Waals surface area contributed by atoms with Gasteiger partial charge in [0.25, 0.3) is 0 Å². The summed E-state index contributed by atoms with van der Waals surface area (Å²) in [5.41, 5.74) is 5.80. The molecule has 94 valence electrons. The van der Waals surface area contributed by atoms with Crippen LogP contribution in [-0.4, -0.2) is 30.9 Å². The van der Waals surface area contributed by atoms with Gasteiger partial charge in [-0.05, 0) is 12.8 Å². The van der Waals surface area contributed by atoms with E-state index in [2.05, 4.69) is 10.6 Å². The molecule has 1 saturated carbocycles. The SMILES string of the molecule is CC(=O)NCCNC(=O)C1CCCC1N.Cl. The average Bonchev–Trinajstić information content (AvgIpc) is 2.58. The molecule has 1 aliphatic rings. The Morgan fingerprint density at radius 2 is 1.88 bits per heavy atom. The smallest absolute Gasteiger partial charge is 0.224 e. The van der Waals surface area contributed by atoms with Crippen LogP contribution in [0.2, 0.25) is 0 Å². The van der Waals surface area contributed by atoms with Crippen LogP contribution in [0.1, 0.15) is 26.2 Å². The van der Waals surface area contributed by atoms with Gasteiger partial charge in [-0.2, -0.15) is 0 Å². The maximum Gasteiger partial charge on any atom is 0.224 e. The molecule has 0 saturated heterocycles. The van der Waals surface area contributed by atoms with E-state index in [4.69, 9.17) is 5.73 Å². The Morgan fingerprint density at radius 1 is 1.25 bits per heavy atom. The van der Waals surface area contributed by atoms with Gasteiger partial charge in [-0.1, -0.05) is 6.42 Å². The molecule has 1 rings (SSSR count). The van der Waals surface area contributed by atoms with Crippen molar-refractivity contribution in [1.82, 2.24) is 10.6 Å². The molecule has 0 heterocycles. The molecule has 16 heavy (non-hydrogen) atoms. The fraction of sp³-hybridized carbons (Fsp3) is 0.800. The van der Waals surface area contributed by atoms with E-state index in [-0.39, 0.29) is 36.2 Å². The summed E-state index contributed by atoms with van der Waals surface area (Å²) < 4.78 is 0. The molecule has 5 nitrogen and oxygen atoms in total. The highest BCUT2D eigenvalue weighted by Crippen LogP contribution is 2.23. The lowest BCUT2D eigenvalue weighted by Crippen LogP contribution is -2.41. The lowest BCUT2D eigenvalue weighted by molar-refractivity contribution is -0.125. The van der Waals surface area contributed by atoms with Gasteiger partial charge in [-0.15, -0.1) is 12.4 Å². The van der Waals surface area contributed by atoms with Crippen molar-refractivity contribution in [2.24, 2.45) is 11.7 Å². The van der Waals surface area contributed by atoms with E-state index in [0.717, 1.165) is 19.3 Å². The van der Waals surface area contributed by atoms with Crippen molar-refractivity contribution in [3.63, 3.8) is 0 Å². The van der Waals surface area contributed by atoms with Crippen LogP contribution in [0.15, 0.2) is 0 Å². The van der Waals surface area contributed by atoms with Crippen molar-refractivity contribution in [2.45, 2.75) is 32.2 Å². The van der Waals surface area contributed by atoms with Gasteiger partial charge < -0.3 is 16.4 Å². The second kappa shape index (κ2) is 7.46. The van der Waals surface area contributed by atoms with Crippen molar-refractivity contribution in [2.75, 3.05) is 13.1 Å². The van der Waals surface area contributed by atoms with Gasteiger partial charge in [-0.3, -0.25) is 9.59 Å². The summed E-state index contributed by atoms with van der Waals surface area (Å²) in [6, 6.07) is 0.00534. The number of carbonyl (C=O) groups is 2. The predicted molar refractivity (Wildman–Crippen MR) is 64.3 cm³/mol. The number of nitrogens with one attached hydrogen (secondary N) is 2. The Kier molecular flexibility index (Phi) is 7.08. The molecule has 2 amide bonds. The lowest BCUT2D eigenvalue weighted by Gasteiger charge is -2.14. The molecule has 0 spiro atoms. The third-order valence-electron chi connectivity index (χ3n) is 2.70. The molecule has 1 fully saturated rings. The molecule has 1 aliphatic carbocycles. The van der Waals surface area contributed by atoms with Crippen LogP contribution >= 0.6 is 12.4 Å². The summed E-state index contributed by atoms with van der Waals surface area (Å²) in [6.45, 7) is 2.40. The zero-order valence-electron chi connectivity index (χ0n) is 9.49. The van der Waals surface area contributed by atoms with Crippen LogP contribution in [0.5, 0.6) is 0 Å². The quantitative estimate of drug-likeness (QED) is 0.603. The number of nitrogens with two attached hydrogens (primary N) is 1. The van der Waals surface area contributed by atoms with Crippen LogP contribution in [0.3, 0.4) is 0 Å². The first kappa shape index (κ1) is 15.2. The highest BCUT2D eigenvalue weighted by atomic mass is 35.5. The molecule has 4 N–H and O–H groups in total. The first-order valence-electron chi connectivity index (χ1n) is 5.39. The maximum atomic E-state index is 11.6. The molecule has 2 atom stereocenters. The highest BCUT2D eigenvalue weighted by molar-refractivity contribution is 5.85. The summed E-state index contributed by atoms with van der Waals surface area (Å²) in [4.78, 5) is 22.1. The Morgan fingerprint density at radius 3 is 2.38 bits per heavy atom. The number of amides is 2. The van der Waals surface area contributed by atoms with E-state index < -0.39 is 0 Å². The summed E-state index contributed by atoms with van der Waals surface area (Å²) in [5.74, 6) is -0.102. The van der Waals surface area contributed by atoms with Gasteiger partial charge in [0.15, 0.2) is 0 Å². The Balaban J connectivity index is 0.00000225. The van der Waals surface area contributed by atoms with Gasteiger partial charge in [0.1, 0.15) is 0 Å². The van der Waals surface area contributed by atoms with E-state index in [1.54, 1.807) is 0 Å². The highest BCUT2D eigenvalue weighted by Gasteiger charge is 2.29. The maximum absolute atomic E-state index is 11.6. The number of halogens is 1. The third-order valence-corrected chi connectivity index (χ3v) is 2.70. The predicted octanol–water partition coefficient (Wildman–Crippen LogP) is -0.212. The van der Waals surface area contributed by atoms with E-state index >= 15 is 0 Å². The van der Waals surface area contributed by atoms with Crippen LogP contribution in [0.25, 0.3) is 0 Å². The second-order valence-corrected chi connectivity index (χ2v) is 3.98. The summed E-state index contributed by atoms with van der Waals surface area (Å²) >= 11 is 0. The minimum absolute atomic E-state index is 0. The molecule has 0 bridgehead atoms. The molecular formula is C10H20ClN3O2. The van der Waals surface area contributed by atoms with E-state index in [1.807, 2.05) is 0 Å². The first-order valence-corrected chi connectivity index (χ1v) is 5.39. The Hall–Kier alpha value is -0.810. The molecule has 0 aromatic rings. The van der Waals surface area contributed by atoms with E-state index in [9.17, 15) is 9.59 Å². The molecule has 0 aliphatic heterocycles. The molecule has 2 unspecified atom stereocenters. The number of rotatable bonds is 4. The molecule has 6 heteroatoms. The van der Waals surface area contributed by atoms with Gasteiger partial charge in [0.2, 0.25) is 11.8 Å². The summed E-state index contributed by atoms with van der Waals surface area (Å²) in [7, 11) is 0. The standard InChI is InChI=1S/C10H19N3O2.ClH/c1-7(14)12-5-6-13-10(15)8-3-2-4-9(8)11;/h8-9H,2-6,11H2,1H3,(H,12,14)(H,13,15);1H. The van der Waals surface area contributed by atoms with Crippen molar-refractivity contribution in [1.29, 1.82) is 0 Å². The van der Waals surface area contributed by atoms with Gasteiger partial charge in [0, 0.05) is 26.1 Å². The number of carbonyl (C=O) groups excluding carboxylic acids is 2.